The zero-order valence-electron chi connectivity index (χ0n) is 15.5. The van der Waals surface area contributed by atoms with E-state index in [1.165, 1.54) is 6.92 Å². The van der Waals surface area contributed by atoms with Crippen LogP contribution in [0.5, 0.6) is 11.5 Å². The van der Waals surface area contributed by atoms with Crippen molar-refractivity contribution in [3.63, 3.8) is 0 Å². The summed E-state index contributed by atoms with van der Waals surface area (Å²) in [4.78, 5) is 39.1. The van der Waals surface area contributed by atoms with Gasteiger partial charge in [0.2, 0.25) is 17.7 Å². The van der Waals surface area contributed by atoms with Gasteiger partial charge < -0.3 is 24.6 Å². The smallest absolute Gasteiger partial charge is 0.224 e. The first kappa shape index (κ1) is 19.0. The lowest BCUT2D eigenvalue weighted by molar-refractivity contribution is -0.138. The first-order valence-corrected chi connectivity index (χ1v) is 9.21. The molecule has 146 valence electrons. The van der Waals surface area contributed by atoms with E-state index in [1.807, 2.05) is 12.1 Å². The van der Waals surface area contributed by atoms with Crippen LogP contribution in [0.15, 0.2) is 18.2 Å². The zero-order valence-corrected chi connectivity index (χ0v) is 15.5. The number of ether oxygens (including phenoxy) is 2. The standard InChI is InChI=1S/C19H25N3O5/c1-14(23)21-6-8-22(9-7-21)19(25)4-5-20-18(24)13-15-2-3-16-17(12-15)27-11-10-26-16/h2-3,12H,4-11,13H2,1H3,(H,20,24). The van der Waals surface area contributed by atoms with Crippen molar-refractivity contribution >= 4 is 17.7 Å². The molecule has 2 aliphatic heterocycles. The highest BCUT2D eigenvalue weighted by Crippen LogP contribution is 2.30. The van der Waals surface area contributed by atoms with Crippen LogP contribution in [0.25, 0.3) is 0 Å². The van der Waals surface area contributed by atoms with Crippen LogP contribution in [0.1, 0.15) is 18.9 Å². The van der Waals surface area contributed by atoms with Gasteiger partial charge in [-0.2, -0.15) is 0 Å². The van der Waals surface area contributed by atoms with Gasteiger partial charge in [0.05, 0.1) is 6.42 Å². The Kier molecular flexibility index (Phi) is 6.16. The third-order valence-corrected chi connectivity index (χ3v) is 4.71. The average Bonchev–Trinajstić information content (AvgIpc) is 2.68. The van der Waals surface area contributed by atoms with E-state index in [-0.39, 0.29) is 30.6 Å². The van der Waals surface area contributed by atoms with Gasteiger partial charge in [0, 0.05) is 46.1 Å². The fourth-order valence-corrected chi connectivity index (χ4v) is 3.18. The Bertz CT molecular complexity index is 713. The molecule has 0 saturated carbocycles. The second-order valence-corrected chi connectivity index (χ2v) is 6.64. The van der Waals surface area contributed by atoms with Crippen molar-refractivity contribution < 1.29 is 23.9 Å². The Labute approximate surface area is 158 Å². The highest BCUT2D eigenvalue weighted by Gasteiger charge is 2.22. The van der Waals surface area contributed by atoms with Crippen molar-refractivity contribution in [3.05, 3.63) is 23.8 Å². The molecular formula is C19H25N3O5. The Hall–Kier alpha value is -2.77. The summed E-state index contributed by atoms with van der Waals surface area (Å²) in [6.45, 7) is 5.10. The monoisotopic (exact) mass is 375 g/mol. The molecule has 1 aromatic rings. The molecule has 3 rings (SSSR count). The minimum Gasteiger partial charge on any atom is -0.486 e. The van der Waals surface area contributed by atoms with Crippen LogP contribution in [-0.4, -0.2) is 73.5 Å². The molecule has 0 unspecified atom stereocenters. The number of amides is 3. The Morgan fingerprint density at radius 3 is 2.37 bits per heavy atom. The number of hydrogen-bond donors (Lipinski definition) is 1. The lowest BCUT2D eigenvalue weighted by Gasteiger charge is -2.34. The molecular weight excluding hydrogens is 350 g/mol. The number of rotatable bonds is 5. The van der Waals surface area contributed by atoms with E-state index in [0.717, 1.165) is 5.56 Å². The number of carbonyl (C=O) groups excluding carboxylic acids is 3. The van der Waals surface area contributed by atoms with E-state index in [9.17, 15) is 14.4 Å². The van der Waals surface area contributed by atoms with Crippen LogP contribution in [0, 0.1) is 0 Å². The third-order valence-electron chi connectivity index (χ3n) is 4.71. The first-order valence-electron chi connectivity index (χ1n) is 9.21. The van der Waals surface area contributed by atoms with Crippen molar-refractivity contribution in [2.45, 2.75) is 19.8 Å². The van der Waals surface area contributed by atoms with Crippen LogP contribution < -0.4 is 14.8 Å². The molecule has 3 amide bonds. The summed E-state index contributed by atoms with van der Waals surface area (Å²) in [6.07, 6.45) is 0.481. The maximum absolute atomic E-state index is 12.2. The number of benzene rings is 1. The van der Waals surface area contributed by atoms with Crippen molar-refractivity contribution in [2.24, 2.45) is 0 Å². The van der Waals surface area contributed by atoms with Gasteiger partial charge in [-0.05, 0) is 17.7 Å². The highest BCUT2D eigenvalue weighted by atomic mass is 16.6. The second-order valence-electron chi connectivity index (χ2n) is 6.64. The summed E-state index contributed by atoms with van der Waals surface area (Å²) in [5.41, 5.74) is 0.837. The van der Waals surface area contributed by atoms with E-state index < -0.39 is 0 Å². The summed E-state index contributed by atoms with van der Waals surface area (Å²) in [5.74, 6) is 1.25. The molecule has 27 heavy (non-hydrogen) atoms. The minimum absolute atomic E-state index is 0.00201. The van der Waals surface area contributed by atoms with Gasteiger partial charge in [0.25, 0.3) is 0 Å². The van der Waals surface area contributed by atoms with Crippen LogP contribution in [0.4, 0.5) is 0 Å². The predicted molar refractivity (Wildman–Crippen MR) is 97.6 cm³/mol. The molecule has 2 aliphatic rings. The Morgan fingerprint density at radius 2 is 1.67 bits per heavy atom. The molecule has 2 heterocycles. The lowest BCUT2D eigenvalue weighted by Crippen LogP contribution is -2.50. The van der Waals surface area contributed by atoms with Gasteiger partial charge >= 0.3 is 0 Å². The molecule has 1 saturated heterocycles. The van der Waals surface area contributed by atoms with E-state index >= 15 is 0 Å². The van der Waals surface area contributed by atoms with Gasteiger partial charge in [-0.15, -0.1) is 0 Å². The summed E-state index contributed by atoms with van der Waals surface area (Å²) in [6, 6.07) is 5.46. The van der Waals surface area contributed by atoms with E-state index in [1.54, 1.807) is 15.9 Å². The number of carbonyl (C=O) groups is 3. The number of nitrogens with zero attached hydrogens (tertiary/aromatic N) is 2. The van der Waals surface area contributed by atoms with Gasteiger partial charge in [0.15, 0.2) is 11.5 Å². The summed E-state index contributed by atoms with van der Waals surface area (Å²) in [7, 11) is 0. The number of nitrogens with one attached hydrogen (secondary N) is 1. The molecule has 8 heteroatoms. The lowest BCUT2D eigenvalue weighted by atomic mass is 10.1. The minimum atomic E-state index is -0.138. The molecule has 0 aliphatic carbocycles. The Morgan fingerprint density at radius 1 is 1.00 bits per heavy atom. The van der Waals surface area contributed by atoms with Crippen molar-refractivity contribution in [3.8, 4) is 11.5 Å². The van der Waals surface area contributed by atoms with Gasteiger partial charge in [-0.25, -0.2) is 0 Å². The van der Waals surface area contributed by atoms with Gasteiger partial charge in [-0.1, -0.05) is 6.07 Å². The van der Waals surface area contributed by atoms with Crippen LogP contribution >= 0.6 is 0 Å². The fraction of sp³-hybridized carbons (Fsp3) is 0.526. The topological polar surface area (TPSA) is 88.2 Å². The fourth-order valence-electron chi connectivity index (χ4n) is 3.18. The molecule has 0 atom stereocenters. The molecule has 1 fully saturated rings. The van der Waals surface area contributed by atoms with Crippen molar-refractivity contribution in [1.29, 1.82) is 0 Å². The second kappa shape index (κ2) is 8.75. The molecule has 0 bridgehead atoms. The van der Waals surface area contributed by atoms with E-state index in [4.69, 9.17) is 9.47 Å². The van der Waals surface area contributed by atoms with Crippen LogP contribution in [-0.2, 0) is 20.8 Å². The quantitative estimate of drug-likeness (QED) is 0.794. The maximum atomic E-state index is 12.2. The van der Waals surface area contributed by atoms with Crippen LogP contribution in [0.2, 0.25) is 0 Å². The Balaban J connectivity index is 1.38. The SMILES string of the molecule is CC(=O)N1CCN(C(=O)CCNC(=O)Cc2ccc3c(c2)OCCO3)CC1. The average molecular weight is 375 g/mol. The molecule has 0 spiro atoms. The largest absolute Gasteiger partial charge is 0.486 e. The number of piperazine rings is 1. The zero-order chi connectivity index (χ0) is 19.2. The van der Waals surface area contributed by atoms with E-state index in [0.29, 0.717) is 57.4 Å². The molecule has 8 nitrogen and oxygen atoms in total. The molecule has 0 radical (unpaired) electrons. The van der Waals surface area contributed by atoms with Crippen molar-refractivity contribution in [2.75, 3.05) is 45.9 Å². The maximum Gasteiger partial charge on any atom is 0.224 e. The third kappa shape index (κ3) is 5.12. The summed E-state index contributed by atoms with van der Waals surface area (Å²) in [5, 5.41) is 2.79. The van der Waals surface area contributed by atoms with Crippen molar-refractivity contribution in [1.82, 2.24) is 15.1 Å². The normalized spacial score (nSPS) is 16.0. The highest BCUT2D eigenvalue weighted by molar-refractivity contribution is 5.81. The number of hydrogen-bond acceptors (Lipinski definition) is 5. The van der Waals surface area contributed by atoms with E-state index in [2.05, 4.69) is 5.32 Å². The number of fused-ring (bicyclic) bond motifs is 1. The summed E-state index contributed by atoms with van der Waals surface area (Å²) < 4.78 is 11.0. The van der Waals surface area contributed by atoms with Gasteiger partial charge in [0.1, 0.15) is 13.2 Å². The summed E-state index contributed by atoms with van der Waals surface area (Å²) >= 11 is 0. The van der Waals surface area contributed by atoms with Gasteiger partial charge in [-0.3, -0.25) is 14.4 Å². The first-order chi connectivity index (χ1) is 13.0. The van der Waals surface area contributed by atoms with Crippen LogP contribution in [0.3, 0.4) is 0 Å². The predicted octanol–water partition coefficient (Wildman–Crippen LogP) is 0.197. The molecule has 1 aromatic carbocycles. The molecule has 1 N–H and O–H groups in total. The molecule has 0 aromatic heterocycles.